The van der Waals surface area contributed by atoms with Gasteiger partial charge < -0.3 is 4.90 Å². The van der Waals surface area contributed by atoms with Gasteiger partial charge in [0, 0.05) is 20.0 Å². The Bertz CT molecular complexity index is 233. The summed E-state index contributed by atoms with van der Waals surface area (Å²) >= 11 is 0. The van der Waals surface area contributed by atoms with E-state index < -0.39 is 0 Å². The van der Waals surface area contributed by atoms with Crippen molar-refractivity contribution in [2.45, 2.75) is 86.0 Å². The summed E-state index contributed by atoms with van der Waals surface area (Å²) in [4.78, 5) is 13.7. The Morgan fingerprint density at radius 3 is 2.00 bits per heavy atom. The number of carbonyl (C=O) groups is 1. The van der Waals surface area contributed by atoms with E-state index in [4.69, 9.17) is 0 Å². The SMILES string of the molecule is CCCCCCCN(CCC(C)(CC)CC)C(C)=O. The quantitative estimate of drug-likeness (QED) is 0.482. The molecule has 0 N–H and O–H groups in total. The molecule has 0 rings (SSSR count). The monoisotopic (exact) mass is 269 g/mol. The highest BCUT2D eigenvalue weighted by atomic mass is 16.2. The number of hydrogen-bond acceptors (Lipinski definition) is 1. The van der Waals surface area contributed by atoms with Crippen molar-refractivity contribution in [3.8, 4) is 0 Å². The normalized spacial score (nSPS) is 11.6. The van der Waals surface area contributed by atoms with Crippen LogP contribution in [0.2, 0.25) is 0 Å². The standard InChI is InChI=1S/C17H35NO/c1-6-9-10-11-12-14-18(16(4)19)15-13-17(5,7-2)8-3/h6-15H2,1-5H3. The van der Waals surface area contributed by atoms with Gasteiger partial charge in [-0.3, -0.25) is 4.79 Å². The van der Waals surface area contributed by atoms with Gasteiger partial charge in [0.25, 0.3) is 0 Å². The number of carbonyl (C=O) groups excluding carboxylic acids is 1. The third-order valence-corrected chi connectivity index (χ3v) is 4.67. The lowest BCUT2D eigenvalue weighted by Gasteiger charge is -2.30. The Labute approximate surface area is 120 Å². The molecule has 0 aliphatic rings. The summed E-state index contributed by atoms with van der Waals surface area (Å²) in [7, 11) is 0. The minimum atomic E-state index is 0.241. The molecule has 114 valence electrons. The lowest BCUT2D eigenvalue weighted by atomic mass is 9.81. The molecule has 0 aliphatic heterocycles. The molecule has 0 atom stereocenters. The second kappa shape index (κ2) is 10.3. The molecule has 0 aromatic carbocycles. The van der Waals surface area contributed by atoms with E-state index in [9.17, 15) is 4.79 Å². The van der Waals surface area contributed by atoms with Crippen molar-refractivity contribution in [1.29, 1.82) is 0 Å². The van der Waals surface area contributed by atoms with Crippen LogP contribution in [0.1, 0.15) is 86.0 Å². The van der Waals surface area contributed by atoms with Crippen molar-refractivity contribution in [3.63, 3.8) is 0 Å². The lowest BCUT2D eigenvalue weighted by molar-refractivity contribution is -0.129. The number of hydrogen-bond donors (Lipinski definition) is 0. The molecule has 19 heavy (non-hydrogen) atoms. The third kappa shape index (κ3) is 8.28. The van der Waals surface area contributed by atoms with Crippen molar-refractivity contribution >= 4 is 5.91 Å². The minimum Gasteiger partial charge on any atom is -0.343 e. The molecule has 0 bridgehead atoms. The van der Waals surface area contributed by atoms with Crippen molar-refractivity contribution in [2.24, 2.45) is 5.41 Å². The first kappa shape index (κ1) is 18.5. The van der Waals surface area contributed by atoms with Crippen LogP contribution in [0.3, 0.4) is 0 Å². The fourth-order valence-electron chi connectivity index (χ4n) is 2.34. The van der Waals surface area contributed by atoms with Gasteiger partial charge in [-0.2, -0.15) is 0 Å². The van der Waals surface area contributed by atoms with Gasteiger partial charge >= 0.3 is 0 Å². The first-order valence-electron chi connectivity index (χ1n) is 8.24. The Morgan fingerprint density at radius 1 is 0.947 bits per heavy atom. The van der Waals surface area contributed by atoms with E-state index in [1.807, 2.05) is 0 Å². The molecule has 1 amide bonds. The smallest absolute Gasteiger partial charge is 0.219 e. The second-order valence-electron chi connectivity index (χ2n) is 6.19. The van der Waals surface area contributed by atoms with Gasteiger partial charge in [0.05, 0.1) is 0 Å². The van der Waals surface area contributed by atoms with Crippen molar-refractivity contribution in [3.05, 3.63) is 0 Å². The summed E-state index contributed by atoms with van der Waals surface area (Å²) in [5, 5.41) is 0. The first-order valence-corrected chi connectivity index (χ1v) is 8.24. The summed E-state index contributed by atoms with van der Waals surface area (Å²) in [5.74, 6) is 0.241. The highest BCUT2D eigenvalue weighted by molar-refractivity contribution is 5.73. The van der Waals surface area contributed by atoms with Gasteiger partial charge in [-0.15, -0.1) is 0 Å². The highest BCUT2D eigenvalue weighted by Crippen LogP contribution is 2.29. The van der Waals surface area contributed by atoms with E-state index in [0.29, 0.717) is 5.41 Å². The summed E-state index contributed by atoms with van der Waals surface area (Å²) < 4.78 is 0. The fraction of sp³-hybridized carbons (Fsp3) is 0.941. The Hall–Kier alpha value is -0.530. The highest BCUT2D eigenvalue weighted by Gasteiger charge is 2.21. The van der Waals surface area contributed by atoms with Crippen LogP contribution in [0, 0.1) is 5.41 Å². The fourth-order valence-corrected chi connectivity index (χ4v) is 2.34. The predicted octanol–water partition coefficient (Wildman–Crippen LogP) is 5.02. The van der Waals surface area contributed by atoms with Crippen LogP contribution in [-0.2, 0) is 4.79 Å². The average molecular weight is 269 g/mol. The summed E-state index contributed by atoms with van der Waals surface area (Å²) in [6.45, 7) is 12.7. The van der Waals surface area contributed by atoms with E-state index in [1.54, 1.807) is 6.92 Å². The van der Waals surface area contributed by atoms with Gasteiger partial charge in [-0.05, 0) is 18.3 Å². The predicted molar refractivity (Wildman–Crippen MR) is 84.3 cm³/mol. The van der Waals surface area contributed by atoms with Crippen LogP contribution in [0.5, 0.6) is 0 Å². The first-order chi connectivity index (χ1) is 8.99. The van der Waals surface area contributed by atoms with Crippen LogP contribution in [0.15, 0.2) is 0 Å². The minimum absolute atomic E-state index is 0.241. The third-order valence-electron chi connectivity index (χ3n) is 4.67. The van der Waals surface area contributed by atoms with Crippen LogP contribution in [-0.4, -0.2) is 23.9 Å². The van der Waals surface area contributed by atoms with Gasteiger partial charge in [0.15, 0.2) is 0 Å². The molecular formula is C17H35NO. The van der Waals surface area contributed by atoms with Crippen LogP contribution in [0.4, 0.5) is 0 Å². The summed E-state index contributed by atoms with van der Waals surface area (Å²) in [5.41, 5.74) is 0.399. The molecule has 0 aromatic heterocycles. The molecule has 0 unspecified atom stereocenters. The largest absolute Gasteiger partial charge is 0.343 e. The lowest BCUT2D eigenvalue weighted by Crippen LogP contribution is -2.33. The Balaban J connectivity index is 4.02. The molecule has 0 heterocycles. The summed E-state index contributed by atoms with van der Waals surface area (Å²) in [6.07, 6.45) is 9.87. The maximum atomic E-state index is 11.7. The second-order valence-corrected chi connectivity index (χ2v) is 6.19. The van der Waals surface area contributed by atoms with Crippen molar-refractivity contribution in [1.82, 2.24) is 4.90 Å². The maximum Gasteiger partial charge on any atom is 0.219 e. The topological polar surface area (TPSA) is 20.3 Å². The number of unbranched alkanes of at least 4 members (excludes halogenated alkanes) is 4. The van der Waals surface area contributed by atoms with Crippen molar-refractivity contribution in [2.75, 3.05) is 13.1 Å². The maximum absolute atomic E-state index is 11.7. The van der Waals surface area contributed by atoms with Gasteiger partial charge in [0.1, 0.15) is 0 Å². The molecular weight excluding hydrogens is 234 g/mol. The van der Waals surface area contributed by atoms with Gasteiger partial charge in [-0.25, -0.2) is 0 Å². The van der Waals surface area contributed by atoms with Crippen LogP contribution >= 0.6 is 0 Å². The summed E-state index contributed by atoms with van der Waals surface area (Å²) in [6, 6.07) is 0. The van der Waals surface area contributed by atoms with Gasteiger partial charge in [-0.1, -0.05) is 66.2 Å². The number of amides is 1. The van der Waals surface area contributed by atoms with Crippen molar-refractivity contribution < 1.29 is 4.79 Å². The van der Waals surface area contributed by atoms with E-state index >= 15 is 0 Å². The van der Waals surface area contributed by atoms with E-state index in [0.717, 1.165) is 25.9 Å². The van der Waals surface area contributed by atoms with Gasteiger partial charge in [0.2, 0.25) is 5.91 Å². The van der Waals surface area contributed by atoms with Crippen LogP contribution < -0.4 is 0 Å². The molecule has 0 aromatic rings. The zero-order valence-corrected chi connectivity index (χ0v) is 13.9. The average Bonchev–Trinajstić information content (AvgIpc) is 2.41. The molecule has 0 fully saturated rings. The molecule has 0 saturated carbocycles. The Morgan fingerprint density at radius 2 is 1.53 bits per heavy atom. The zero-order chi connectivity index (χ0) is 14.7. The molecule has 0 aliphatic carbocycles. The number of rotatable bonds is 11. The molecule has 0 radical (unpaired) electrons. The molecule has 0 saturated heterocycles. The number of nitrogens with zero attached hydrogens (tertiary/aromatic N) is 1. The van der Waals surface area contributed by atoms with E-state index in [2.05, 4.69) is 32.6 Å². The zero-order valence-electron chi connectivity index (χ0n) is 13.9. The molecule has 2 heteroatoms. The Kier molecular flexibility index (Phi) is 9.99. The van der Waals surface area contributed by atoms with Crippen LogP contribution in [0.25, 0.3) is 0 Å². The van der Waals surface area contributed by atoms with E-state index in [-0.39, 0.29) is 5.91 Å². The molecule has 0 spiro atoms. The van der Waals surface area contributed by atoms with E-state index in [1.165, 1.54) is 38.5 Å². The molecule has 2 nitrogen and oxygen atoms in total.